The van der Waals surface area contributed by atoms with Gasteiger partial charge in [-0.05, 0) is 43.5 Å². The molecule has 130 valence electrons. The molecule has 7 heteroatoms. The van der Waals surface area contributed by atoms with Crippen LogP contribution in [0.15, 0.2) is 47.9 Å². The largest absolute Gasteiger partial charge is 0.494 e. The van der Waals surface area contributed by atoms with Crippen molar-refractivity contribution in [3.8, 4) is 5.75 Å². The number of piperidine rings is 1. The minimum Gasteiger partial charge on any atom is -0.494 e. The van der Waals surface area contributed by atoms with Crippen LogP contribution in [0.3, 0.4) is 0 Å². The zero-order valence-corrected chi connectivity index (χ0v) is 14.5. The van der Waals surface area contributed by atoms with Crippen LogP contribution in [0.25, 0.3) is 0 Å². The summed E-state index contributed by atoms with van der Waals surface area (Å²) in [5.41, 5.74) is 0. The van der Waals surface area contributed by atoms with Crippen molar-refractivity contribution in [2.45, 2.75) is 37.1 Å². The van der Waals surface area contributed by atoms with E-state index in [0.29, 0.717) is 30.3 Å². The second-order valence-corrected chi connectivity index (χ2v) is 7.88. The molecule has 24 heavy (non-hydrogen) atoms. The summed E-state index contributed by atoms with van der Waals surface area (Å²) in [4.78, 5) is 4.33. The quantitative estimate of drug-likeness (QED) is 0.721. The van der Waals surface area contributed by atoms with Crippen LogP contribution in [0.5, 0.6) is 5.75 Å². The minimum atomic E-state index is -3.37. The first-order chi connectivity index (χ1) is 11.7. The molecule has 2 heterocycles. The van der Waals surface area contributed by atoms with Gasteiger partial charge in [0.2, 0.25) is 10.0 Å². The van der Waals surface area contributed by atoms with Gasteiger partial charge in [0.1, 0.15) is 5.75 Å². The maximum absolute atomic E-state index is 12.6. The van der Waals surface area contributed by atoms with Gasteiger partial charge in [0, 0.05) is 32.0 Å². The lowest BCUT2D eigenvalue weighted by molar-refractivity contribution is 0.301. The first-order valence-electron chi connectivity index (χ1n) is 8.35. The van der Waals surface area contributed by atoms with Gasteiger partial charge in [0.15, 0.2) is 0 Å². The molecule has 0 amide bonds. The third-order valence-electron chi connectivity index (χ3n) is 4.17. The number of nitrogens with zero attached hydrogens (tertiary/aromatic N) is 3. The molecule has 0 unspecified atom stereocenters. The lowest BCUT2D eigenvalue weighted by atomic mass is 10.2. The topological polar surface area (TPSA) is 64.4 Å². The van der Waals surface area contributed by atoms with Crippen LogP contribution in [-0.2, 0) is 16.6 Å². The third-order valence-corrected chi connectivity index (χ3v) is 6.08. The molecular formula is C17H23N3O3S. The van der Waals surface area contributed by atoms with Gasteiger partial charge >= 0.3 is 0 Å². The minimum absolute atomic E-state index is 0.343. The number of aromatic nitrogens is 2. The van der Waals surface area contributed by atoms with E-state index in [0.717, 1.165) is 32.2 Å². The van der Waals surface area contributed by atoms with E-state index in [9.17, 15) is 8.42 Å². The monoisotopic (exact) mass is 349 g/mol. The van der Waals surface area contributed by atoms with E-state index in [2.05, 4.69) is 4.98 Å². The molecule has 0 radical (unpaired) electrons. The van der Waals surface area contributed by atoms with Crippen molar-refractivity contribution in [2.75, 3.05) is 19.7 Å². The highest BCUT2D eigenvalue weighted by Crippen LogP contribution is 2.22. The number of ether oxygens (including phenoxy) is 1. The molecule has 0 atom stereocenters. The maximum Gasteiger partial charge on any atom is 0.243 e. The number of imidazole rings is 1. The predicted octanol–water partition coefficient (Wildman–Crippen LogP) is 2.53. The molecule has 0 aliphatic carbocycles. The van der Waals surface area contributed by atoms with Crippen LogP contribution < -0.4 is 4.74 Å². The fourth-order valence-electron chi connectivity index (χ4n) is 2.82. The van der Waals surface area contributed by atoms with E-state index in [1.807, 2.05) is 10.8 Å². The number of aryl methyl sites for hydroxylation is 1. The summed E-state index contributed by atoms with van der Waals surface area (Å²) in [7, 11) is -3.37. The van der Waals surface area contributed by atoms with Gasteiger partial charge in [-0.25, -0.2) is 13.4 Å². The van der Waals surface area contributed by atoms with Gasteiger partial charge in [0.05, 0.1) is 17.8 Å². The van der Waals surface area contributed by atoms with E-state index in [-0.39, 0.29) is 0 Å². The Morgan fingerprint density at radius 3 is 2.50 bits per heavy atom. The Bertz CT molecular complexity index is 721. The van der Waals surface area contributed by atoms with Gasteiger partial charge in [-0.3, -0.25) is 0 Å². The van der Waals surface area contributed by atoms with Crippen molar-refractivity contribution >= 4 is 10.0 Å². The molecule has 1 aromatic heterocycles. The van der Waals surface area contributed by atoms with Gasteiger partial charge in [0.25, 0.3) is 0 Å². The van der Waals surface area contributed by atoms with E-state index in [1.165, 1.54) is 0 Å². The highest BCUT2D eigenvalue weighted by molar-refractivity contribution is 7.89. The average Bonchev–Trinajstić information content (AvgIpc) is 3.13. The Morgan fingerprint density at radius 2 is 1.83 bits per heavy atom. The van der Waals surface area contributed by atoms with Gasteiger partial charge in [-0.2, -0.15) is 4.31 Å². The van der Waals surface area contributed by atoms with Crippen LogP contribution in [0.4, 0.5) is 0 Å². The molecule has 1 aliphatic rings. The number of rotatable bonds is 7. The van der Waals surface area contributed by atoms with Crippen LogP contribution in [-0.4, -0.2) is 42.0 Å². The maximum atomic E-state index is 12.6. The Kier molecular flexibility index (Phi) is 5.52. The summed E-state index contributed by atoms with van der Waals surface area (Å²) >= 11 is 0. The van der Waals surface area contributed by atoms with Crippen LogP contribution >= 0.6 is 0 Å². The summed E-state index contributed by atoms with van der Waals surface area (Å²) in [5, 5.41) is 0. The molecule has 1 aromatic carbocycles. The van der Waals surface area contributed by atoms with Crippen molar-refractivity contribution in [1.29, 1.82) is 0 Å². The summed E-state index contributed by atoms with van der Waals surface area (Å²) in [6, 6.07) is 6.73. The highest BCUT2D eigenvalue weighted by atomic mass is 32.2. The molecule has 1 saturated heterocycles. The smallest absolute Gasteiger partial charge is 0.243 e. The van der Waals surface area contributed by atoms with Crippen LogP contribution in [0.2, 0.25) is 0 Å². The molecule has 2 aromatic rings. The third kappa shape index (κ3) is 4.15. The number of sulfonamides is 1. The lowest BCUT2D eigenvalue weighted by Gasteiger charge is -2.25. The lowest BCUT2D eigenvalue weighted by Crippen LogP contribution is -2.35. The van der Waals surface area contributed by atoms with Gasteiger partial charge < -0.3 is 9.30 Å². The van der Waals surface area contributed by atoms with Crippen LogP contribution in [0, 0.1) is 0 Å². The number of hydrogen-bond donors (Lipinski definition) is 0. The first-order valence-corrected chi connectivity index (χ1v) is 9.79. The molecule has 0 spiro atoms. The molecule has 6 nitrogen and oxygen atoms in total. The molecule has 3 rings (SSSR count). The average molecular weight is 349 g/mol. The fourth-order valence-corrected chi connectivity index (χ4v) is 4.34. The SMILES string of the molecule is O=S(=O)(c1ccc(OCCCn2ccnc2)cc1)N1CCCCC1. The molecular weight excluding hydrogens is 326 g/mol. The van der Waals surface area contributed by atoms with Crippen molar-refractivity contribution < 1.29 is 13.2 Å². The summed E-state index contributed by atoms with van der Waals surface area (Å²) in [6.07, 6.45) is 9.31. The van der Waals surface area contributed by atoms with Gasteiger partial charge in [-0.1, -0.05) is 6.42 Å². The number of hydrogen-bond acceptors (Lipinski definition) is 4. The normalized spacial score (nSPS) is 16.2. The Labute approximate surface area is 143 Å². The van der Waals surface area contributed by atoms with Gasteiger partial charge in [-0.15, -0.1) is 0 Å². The zero-order valence-electron chi connectivity index (χ0n) is 13.7. The van der Waals surface area contributed by atoms with E-state index in [4.69, 9.17) is 4.74 Å². The fraction of sp³-hybridized carbons (Fsp3) is 0.471. The summed E-state index contributed by atoms with van der Waals surface area (Å²) < 4.78 is 34.4. The second kappa shape index (κ2) is 7.81. The summed E-state index contributed by atoms with van der Waals surface area (Å²) in [5.74, 6) is 0.693. The number of benzene rings is 1. The van der Waals surface area contributed by atoms with Crippen LogP contribution in [0.1, 0.15) is 25.7 Å². The summed E-state index contributed by atoms with van der Waals surface area (Å²) in [6.45, 7) is 2.67. The standard InChI is InChI=1S/C17H23N3O3S/c21-24(22,20-11-2-1-3-12-20)17-7-5-16(6-8-17)23-14-4-10-19-13-9-18-15-19/h5-9,13,15H,1-4,10-12,14H2. The second-order valence-electron chi connectivity index (χ2n) is 5.94. The van der Waals surface area contributed by atoms with Crippen molar-refractivity contribution in [1.82, 2.24) is 13.9 Å². The van der Waals surface area contributed by atoms with Crippen molar-refractivity contribution in [3.63, 3.8) is 0 Å². The molecule has 0 saturated carbocycles. The highest BCUT2D eigenvalue weighted by Gasteiger charge is 2.25. The predicted molar refractivity (Wildman–Crippen MR) is 91.4 cm³/mol. The van der Waals surface area contributed by atoms with Crippen molar-refractivity contribution in [2.24, 2.45) is 0 Å². The molecule has 0 bridgehead atoms. The van der Waals surface area contributed by atoms with E-state index in [1.54, 1.807) is 41.1 Å². The Hall–Kier alpha value is -1.86. The Morgan fingerprint density at radius 1 is 1.08 bits per heavy atom. The van der Waals surface area contributed by atoms with E-state index >= 15 is 0 Å². The van der Waals surface area contributed by atoms with Crippen molar-refractivity contribution in [3.05, 3.63) is 43.0 Å². The Balaban J connectivity index is 1.52. The first kappa shape index (κ1) is 17.0. The molecule has 0 N–H and O–H groups in total. The molecule has 1 aliphatic heterocycles. The van der Waals surface area contributed by atoms with E-state index < -0.39 is 10.0 Å². The zero-order chi connectivity index (χ0) is 16.8. The molecule has 1 fully saturated rings.